The number of sulfone groups is 1. The van der Waals surface area contributed by atoms with Crippen LogP contribution in [0.25, 0.3) is 0 Å². The van der Waals surface area contributed by atoms with Gasteiger partial charge in [0.25, 0.3) is 11.6 Å². The van der Waals surface area contributed by atoms with E-state index >= 15 is 0 Å². The molecular weight excluding hydrogens is 312 g/mol. The second-order valence-corrected chi connectivity index (χ2v) is 7.67. The number of rotatable bonds is 5. The van der Waals surface area contributed by atoms with Gasteiger partial charge in [0, 0.05) is 12.1 Å². The van der Waals surface area contributed by atoms with E-state index in [1.54, 1.807) is 6.92 Å². The van der Waals surface area contributed by atoms with Crippen molar-refractivity contribution in [1.82, 2.24) is 5.32 Å². The molecule has 1 fully saturated rings. The largest absolute Gasteiger partial charge is 0.484 e. The van der Waals surface area contributed by atoms with Crippen molar-refractivity contribution < 1.29 is 22.9 Å². The molecule has 1 aliphatic heterocycles. The zero-order chi connectivity index (χ0) is 16.4. The molecule has 1 N–H and O–H groups in total. The van der Waals surface area contributed by atoms with Crippen LogP contribution in [0.1, 0.15) is 13.3 Å². The number of carbonyl (C=O) groups excluding carboxylic acids is 1. The van der Waals surface area contributed by atoms with E-state index in [0.717, 1.165) is 0 Å². The predicted octanol–water partition coefficient (Wildman–Crippen LogP) is 0.667. The van der Waals surface area contributed by atoms with Crippen LogP contribution in [-0.4, -0.2) is 42.9 Å². The molecule has 0 aromatic heterocycles. The summed E-state index contributed by atoms with van der Waals surface area (Å²) in [5.41, 5.74) is -0.838. The summed E-state index contributed by atoms with van der Waals surface area (Å²) in [4.78, 5) is 21.8. The number of hydrogen-bond acceptors (Lipinski definition) is 6. The summed E-state index contributed by atoms with van der Waals surface area (Å²) in [7, 11) is -3.10. The molecule has 1 atom stereocenters. The van der Waals surface area contributed by atoms with Gasteiger partial charge in [-0.25, -0.2) is 8.42 Å². The van der Waals surface area contributed by atoms with Crippen LogP contribution in [0.5, 0.6) is 5.75 Å². The summed E-state index contributed by atoms with van der Waals surface area (Å²) in [6.07, 6.45) is 0.374. The van der Waals surface area contributed by atoms with Crippen molar-refractivity contribution in [2.24, 2.45) is 0 Å². The first-order chi connectivity index (χ1) is 10.2. The molecule has 0 saturated carbocycles. The van der Waals surface area contributed by atoms with E-state index in [1.807, 2.05) is 0 Å². The van der Waals surface area contributed by atoms with E-state index in [9.17, 15) is 23.3 Å². The number of nitro benzene ring substituents is 1. The van der Waals surface area contributed by atoms with Gasteiger partial charge in [-0.1, -0.05) is 0 Å². The number of nitrogens with zero attached hydrogens (tertiary/aromatic N) is 1. The van der Waals surface area contributed by atoms with Crippen LogP contribution in [0.4, 0.5) is 5.69 Å². The monoisotopic (exact) mass is 328 g/mol. The number of nitrogens with one attached hydrogen (secondary N) is 1. The number of benzene rings is 1. The Kier molecular flexibility index (Phi) is 4.36. The van der Waals surface area contributed by atoms with Gasteiger partial charge in [0.15, 0.2) is 16.4 Å². The Bertz CT molecular complexity index is 685. The molecule has 0 spiro atoms. The average Bonchev–Trinajstić information content (AvgIpc) is 2.70. The Labute approximate surface area is 127 Å². The first kappa shape index (κ1) is 16.2. The minimum atomic E-state index is -3.10. The molecular formula is C13H16N2O6S. The highest BCUT2D eigenvalue weighted by atomic mass is 32.2. The van der Waals surface area contributed by atoms with Crippen molar-refractivity contribution in [1.29, 1.82) is 0 Å². The van der Waals surface area contributed by atoms with E-state index in [1.165, 1.54) is 24.3 Å². The molecule has 2 rings (SSSR count). The Balaban J connectivity index is 1.87. The second-order valence-electron chi connectivity index (χ2n) is 5.49. The molecule has 0 unspecified atom stereocenters. The minimum Gasteiger partial charge on any atom is -0.484 e. The van der Waals surface area contributed by atoms with Crippen molar-refractivity contribution in [2.45, 2.75) is 18.9 Å². The SMILES string of the molecule is C[C@]1(NC(=O)COc2ccc([N+](=O)[O-])cc2)CCS(=O)(=O)C1. The second kappa shape index (κ2) is 5.91. The van der Waals surface area contributed by atoms with Crippen LogP contribution in [0.15, 0.2) is 24.3 Å². The number of carbonyl (C=O) groups is 1. The number of ether oxygens (including phenoxy) is 1. The Morgan fingerprint density at radius 3 is 2.55 bits per heavy atom. The van der Waals surface area contributed by atoms with Crippen LogP contribution in [0.3, 0.4) is 0 Å². The average molecular weight is 328 g/mol. The minimum absolute atomic E-state index is 0.0625. The lowest BCUT2D eigenvalue weighted by molar-refractivity contribution is -0.384. The maximum absolute atomic E-state index is 11.8. The number of hydrogen-bond donors (Lipinski definition) is 1. The first-order valence-corrected chi connectivity index (χ1v) is 8.40. The molecule has 0 bridgehead atoms. The van der Waals surface area contributed by atoms with Gasteiger partial charge in [-0.05, 0) is 25.5 Å². The van der Waals surface area contributed by atoms with Crippen molar-refractivity contribution in [3.05, 3.63) is 34.4 Å². The summed E-state index contributed by atoms with van der Waals surface area (Å²) in [5.74, 6) is -0.126. The van der Waals surface area contributed by atoms with Gasteiger partial charge < -0.3 is 10.1 Å². The molecule has 120 valence electrons. The summed E-state index contributed by atoms with van der Waals surface area (Å²) in [6, 6.07) is 5.34. The molecule has 1 saturated heterocycles. The molecule has 9 heteroatoms. The van der Waals surface area contributed by atoms with Crippen LogP contribution < -0.4 is 10.1 Å². The molecule has 1 aliphatic rings. The van der Waals surface area contributed by atoms with Crippen LogP contribution >= 0.6 is 0 Å². The number of nitro groups is 1. The highest BCUT2D eigenvalue weighted by Gasteiger charge is 2.39. The molecule has 0 aliphatic carbocycles. The third-order valence-electron chi connectivity index (χ3n) is 3.36. The van der Waals surface area contributed by atoms with Crippen LogP contribution in [0, 0.1) is 10.1 Å². The van der Waals surface area contributed by atoms with Crippen molar-refractivity contribution in [2.75, 3.05) is 18.1 Å². The molecule has 22 heavy (non-hydrogen) atoms. The lowest BCUT2D eigenvalue weighted by atomic mass is 10.0. The highest BCUT2D eigenvalue weighted by molar-refractivity contribution is 7.91. The normalized spacial score (nSPS) is 23.0. The summed E-state index contributed by atoms with van der Waals surface area (Å²) >= 11 is 0. The van der Waals surface area contributed by atoms with Crippen LogP contribution in [-0.2, 0) is 14.6 Å². The number of amides is 1. The first-order valence-electron chi connectivity index (χ1n) is 6.58. The van der Waals surface area contributed by atoms with Gasteiger partial charge in [-0.3, -0.25) is 14.9 Å². The molecule has 0 radical (unpaired) electrons. The van der Waals surface area contributed by atoms with Gasteiger partial charge in [-0.15, -0.1) is 0 Å². The standard InChI is InChI=1S/C13H16N2O6S/c1-13(6-7-22(19,20)9-13)14-12(16)8-21-11-4-2-10(3-5-11)15(17)18/h2-5H,6-9H2,1H3,(H,14,16)/t13-/m0/s1. The van der Waals surface area contributed by atoms with Gasteiger partial charge in [0.1, 0.15) is 5.75 Å². The Hall–Kier alpha value is -2.16. The molecule has 8 nitrogen and oxygen atoms in total. The molecule has 1 amide bonds. The van der Waals surface area contributed by atoms with Gasteiger partial charge in [0.2, 0.25) is 0 Å². The lowest BCUT2D eigenvalue weighted by Gasteiger charge is -2.23. The van der Waals surface area contributed by atoms with Crippen molar-refractivity contribution in [3.63, 3.8) is 0 Å². The maximum atomic E-state index is 11.8. The molecule has 1 heterocycles. The molecule has 1 aromatic rings. The van der Waals surface area contributed by atoms with E-state index in [-0.39, 0.29) is 23.8 Å². The predicted molar refractivity (Wildman–Crippen MR) is 78.4 cm³/mol. The smallest absolute Gasteiger partial charge is 0.269 e. The van der Waals surface area contributed by atoms with Gasteiger partial charge in [-0.2, -0.15) is 0 Å². The zero-order valence-corrected chi connectivity index (χ0v) is 12.8. The summed E-state index contributed by atoms with van der Waals surface area (Å²) < 4.78 is 28.1. The van der Waals surface area contributed by atoms with Gasteiger partial charge >= 0.3 is 0 Å². The van der Waals surface area contributed by atoms with E-state index in [2.05, 4.69) is 5.32 Å². The summed E-state index contributed by atoms with van der Waals surface area (Å²) in [6.45, 7) is 1.40. The fourth-order valence-corrected chi connectivity index (χ4v) is 4.39. The quantitative estimate of drug-likeness (QED) is 0.627. The topological polar surface area (TPSA) is 116 Å². The Morgan fingerprint density at radius 2 is 2.05 bits per heavy atom. The maximum Gasteiger partial charge on any atom is 0.269 e. The van der Waals surface area contributed by atoms with Gasteiger partial charge in [0.05, 0.1) is 22.0 Å². The number of non-ortho nitro benzene ring substituents is 1. The van der Waals surface area contributed by atoms with Crippen LogP contribution in [0.2, 0.25) is 0 Å². The van der Waals surface area contributed by atoms with E-state index in [0.29, 0.717) is 12.2 Å². The van der Waals surface area contributed by atoms with E-state index in [4.69, 9.17) is 4.74 Å². The van der Waals surface area contributed by atoms with Crippen molar-refractivity contribution in [3.8, 4) is 5.75 Å². The third-order valence-corrected chi connectivity index (χ3v) is 5.27. The summed E-state index contributed by atoms with van der Waals surface area (Å²) in [5, 5.41) is 13.2. The highest BCUT2D eigenvalue weighted by Crippen LogP contribution is 2.23. The fourth-order valence-electron chi connectivity index (χ4n) is 2.29. The third kappa shape index (κ3) is 4.17. The fraction of sp³-hybridized carbons (Fsp3) is 0.462. The lowest BCUT2D eigenvalue weighted by Crippen LogP contribution is -2.48. The van der Waals surface area contributed by atoms with Crippen molar-refractivity contribution >= 4 is 21.4 Å². The zero-order valence-electron chi connectivity index (χ0n) is 11.9. The molecule has 1 aromatic carbocycles. The van der Waals surface area contributed by atoms with E-state index < -0.39 is 26.2 Å². The Morgan fingerprint density at radius 1 is 1.41 bits per heavy atom.